The summed E-state index contributed by atoms with van der Waals surface area (Å²) in [4.78, 5) is 6.51. The van der Waals surface area contributed by atoms with E-state index in [-0.39, 0.29) is 46.1 Å². The Labute approximate surface area is 371 Å². The molecular formula is C48H51N3NaO4S2+. The van der Waals surface area contributed by atoms with Gasteiger partial charge in [0.05, 0.1) is 27.2 Å². The van der Waals surface area contributed by atoms with Gasteiger partial charge in [0, 0.05) is 53.2 Å². The molecule has 0 amide bonds. The molecule has 7 rings (SSSR count). The number of fused-ring (bicyclic) bond motifs is 4. The third-order valence-corrected chi connectivity index (χ3v) is 12.5. The topological polar surface area (TPSA) is 85.0 Å². The van der Waals surface area contributed by atoms with Crippen LogP contribution in [0.1, 0.15) is 77.3 Å². The average Bonchev–Trinajstić information content (AvgIpc) is 3.55. The number of ether oxygens (including phenoxy) is 1. The van der Waals surface area contributed by atoms with Gasteiger partial charge in [0.25, 0.3) is 0 Å². The number of aliphatic imine (C=N–C) groups is 1. The Morgan fingerprint density at radius 1 is 0.879 bits per heavy atom. The number of isothiocyanates is 1. The Morgan fingerprint density at radius 2 is 1.62 bits per heavy atom. The first kappa shape index (κ1) is 43.7. The van der Waals surface area contributed by atoms with E-state index in [1.165, 1.54) is 33.3 Å². The van der Waals surface area contributed by atoms with Gasteiger partial charge in [0.15, 0.2) is 12.3 Å². The predicted octanol–water partition coefficient (Wildman–Crippen LogP) is 7.72. The van der Waals surface area contributed by atoms with E-state index in [2.05, 4.69) is 126 Å². The number of thiocarbonyl (C=S) groups is 1. The van der Waals surface area contributed by atoms with Gasteiger partial charge in [-0.15, -0.1) is 0 Å². The molecule has 7 nitrogen and oxygen atoms in total. The van der Waals surface area contributed by atoms with Crippen molar-refractivity contribution < 1.29 is 51.8 Å². The van der Waals surface area contributed by atoms with E-state index in [4.69, 9.17) is 17.0 Å². The minimum Gasteiger partial charge on any atom is -0.748 e. The van der Waals surface area contributed by atoms with Gasteiger partial charge in [-0.1, -0.05) is 80.6 Å². The summed E-state index contributed by atoms with van der Waals surface area (Å²) in [5, 5.41) is 5.03. The summed E-state index contributed by atoms with van der Waals surface area (Å²) in [6.45, 7) is 11.2. The van der Waals surface area contributed by atoms with Crippen LogP contribution in [0.3, 0.4) is 0 Å². The molecule has 0 aromatic heterocycles. The van der Waals surface area contributed by atoms with Crippen molar-refractivity contribution in [2.75, 3.05) is 30.3 Å². The number of hydrogen-bond donors (Lipinski definition) is 0. The van der Waals surface area contributed by atoms with Gasteiger partial charge in [-0.25, -0.2) is 13.4 Å². The standard InChI is InChI=1S/C48H51N3O4S2.Na/c1-47(2)40-22-10-11-23-41(40)50(31-12-13-33-57(52,53)54)43(47)28-25-36-17-14-18-37(46(36)55-38-19-6-5-7-20-38)26-29-44-48(3,4)45-39-21-9-8-16-35(39)24-27-42(45)51(44)32-15-30-49-34-56;/h5-11,16,19-29H,12-15,17-18,30-33H2,1-4H3;/q;+1. The van der Waals surface area contributed by atoms with E-state index < -0.39 is 10.1 Å². The molecule has 0 fully saturated rings. The zero-order valence-electron chi connectivity index (χ0n) is 34.3. The van der Waals surface area contributed by atoms with Crippen molar-refractivity contribution in [1.82, 2.24) is 0 Å². The minimum absolute atomic E-state index is 0. The van der Waals surface area contributed by atoms with Gasteiger partial charge >= 0.3 is 29.6 Å². The number of anilines is 1. The molecule has 294 valence electrons. The number of unbranched alkanes of at least 4 members (excludes halogenated alkanes) is 1. The van der Waals surface area contributed by atoms with Gasteiger partial charge < -0.3 is 14.2 Å². The van der Waals surface area contributed by atoms with E-state index in [1.54, 1.807) is 0 Å². The number of nitrogens with zero attached hydrogens (tertiary/aromatic N) is 3. The molecule has 3 aliphatic rings. The largest absolute Gasteiger partial charge is 1.00 e. The predicted molar refractivity (Wildman–Crippen MR) is 235 cm³/mol. The van der Waals surface area contributed by atoms with Crippen molar-refractivity contribution in [2.45, 2.75) is 77.0 Å². The van der Waals surface area contributed by atoms with Crippen molar-refractivity contribution in [1.29, 1.82) is 0 Å². The van der Waals surface area contributed by atoms with Crippen LogP contribution in [0, 0.1) is 0 Å². The summed E-state index contributed by atoms with van der Waals surface area (Å²) in [6.07, 6.45) is 13.5. The van der Waals surface area contributed by atoms with Gasteiger partial charge in [-0.2, -0.15) is 4.58 Å². The summed E-state index contributed by atoms with van der Waals surface area (Å²) in [7, 11) is -4.26. The van der Waals surface area contributed by atoms with Crippen molar-refractivity contribution in [2.24, 2.45) is 4.99 Å². The monoisotopic (exact) mass is 820 g/mol. The summed E-state index contributed by atoms with van der Waals surface area (Å²) in [5.41, 5.74) is 8.99. The molecule has 0 unspecified atom stereocenters. The molecule has 0 spiro atoms. The summed E-state index contributed by atoms with van der Waals surface area (Å²) in [5.74, 6) is 1.31. The smallest absolute Gasteiger partial charge is 0.748 e. The van der Waals surface area contributed by atoms with Gasteiger partial charge in [0.1, 0.15) is 11.5 Å². The Hall–Kier alpha value is -3.92. The van der Waals surface area contributed by atoms with E-state index in [1.807, 2.05) is 36.4 Å². The summed E-state index contributed by atoms with van der Waals surface area (Å²) < 4.78 is 43.4. The van der Waals surface area contributed by atoms with Crippen LogP contribution in [0.5, 0.6) is 5.75 Å². The molecule has 0 saturated carbocycles. The van der Waals surface area contributed by atoms with E-state index >= 15 is 0 Å². The number of hydrogen-bond acceptors (Lipinski definition) is 7. The molecule has 0 radical (unpaired) electrons. The van der Waals surface area contributed by atoms with Crippen molar-refractivity contribution in [3.63, 3.8) is 0 Å². The molecule has 1 aliphatic carbocycles. The van der Waals surface area contributed by atoms with Gasteiger partial charge in [-0.3, -0.25) is 0 Å². The molecule has 4 aromatic carbocycles. The first-order valence-corrected chi connectivity index (χ1v) is 22.0. The van der Waals surface area contributed by atoms with Crippen molar-refractivity contribution in [3.05, 3.63) is 149 Å². The molecule has 0 N–H and O–H groups in total. The number of rotatable bonds is 14. The van der Waals surface area contributed by atoms with Crippen LogP contribution < -0.4 is 39.2 Å². The molecule has 2 aliphatic heterocycles. The van der Waals surface area contributed by atoms with Crippen molar-refractivity contribution >= 4 is 55.4 Å². The Kier molecular flexibility index (Phi) is 14.0. The van der Waals surface area contributed by atoms with Crippen LogP contribution in [0.4, 0.5) is 11.4 Å². The molecule has 4 aromatic rings. The zero-order chi connectivity index (χ0) is 40.2. The molecule has 10 heteroatoms. The van der Waals surface area contributed by atoms with E-state index in [9.17, 15) is 13.0 Å². The van der Waals surface area contributed by atoms with E-state index in [0.29, 0.717) is 25.9 Å². The second-order valence-electron chi connectivity index (χ2n) is 16.1. The maximum Gasteiger partial charge on any atom is 1.00 e. The van der Waals surface area contributed by atoms with Crippen LogP contribution in [0.15, 0.2) is 143 Å². The Bertz CT molecular complexity index is 2490. The zero-order valence-corrected chi connectivity index (χ0v) is 38.0. The minimum atomic E-state index is -4.26. The maximum absolute atomic E-state index is 11.4. The number of allylic oxidation sites excluding steroid dienone is 7. The van der Waals surface area contributed by atoms with Crippen LogP contribution in [0.2, 0.25) is 0 Å². The fourth-order valence-electron chi connectivity index (χ4n) is 8.88. The molecular weight excluding hydrogens is 770 g/mol. The Morgan fingerprint density at radius 3 is 2.40 bits per heavy atom. The number of benzene rings is 4. The SMILES string of the molecule is CC1(C)C(/C=C/C2=C(Oc3ccccc3)C(=C/C=C3/N(CCCCS(=O)(=O)[O-])c4ccccc4C3(C)C)/CCC2)=[N+](CCCN=C=S)c2ccc3ccccc3c21.[Na+]. The van der Waals surface area contributed by atoms with Gasteiger partial charge in [-0.05, 0) is 122 Å². The summed E-state index contributed by atoms with van der Waals surface area (Å²) >= 11 is 4.87. The van der Waals surface area contributed by atoms with Crippen molar-refractivity contribution in [3.8, 4) is 5.75 Å². The third kappa shape index (κ3) is 9.27. The summed E-state index contributed by atoms with van der Waals surface area (Å²) in [6, 6.07) is 31.5. The van der Waals surface area contributed by atoms with Crippen LogP contribution in [-0.2, 0) is 20.9 Å². The average molecular weight is 821 g/mol. The Balaban J connectivity index is 0.00000567. The first-order chi connectivity index (χ1) is 27.4. The van der Waals surface area contributed by atoms with Gasteiger partial charge in [0.2, 0.25) is 5.69 Å². The van der Waals surface area contributed by atoms with Crippen LogP contribution in [0.25, 0.3) is 10.8 Å². The molecule has 0 atom stereocenters. The maximum atomic E-state index is 11.4. The fraction of sp³-hybridized carbons (Fsp3) is 0.333. The molecule has 2 heterocycles. The van der Waals surface area contributed by atoms with E-state index in [0.717, 1.165) is 66.3 Å². The quantitative estimate of drug-likeness (QED) is 0.0324. The number of para-hydroxylation sites is 2. The normalized spacial score (nSPS) is 18.5. The molecule has 58 heavy (non-hydrogen) atoms. The molecule has 0 bridgehead atoms. The fourth-order valence-corrected chi connectivity index (χ4v) is 9.53. The second-order valence-corrected chi connectivity index (χ2v) is 17.8. The molecule has 0 saturated heterocycles. The second kappa shape index (κ2) is 18.6. The first-order valence-electron chi connectivity index (χ1n) is 20.0. The van der Waals surface area contributed by atoms with Crippen LogP contribution in [-0.4, -0.2) is 53.8 Å². The van der Waals surface area contributed by atoms with Crippen LogP contribution >= 0.6 is 12.2 Å². The third-order valence-electron chi connectivity index (χ3n) is 11.6.